The van der Waals surface area contributed by atoms with E-state index < -0.39 is 0 Å². The van der Waals surface area contributed by atoms with Crippen molar-refractivity contribution in [3.8, 4) is 0 Å². The lowest BCUT2D eigenvalue weighted by Crippen LogP contribution is -1.78. The first-order valence-electron chi connectivity index (χ1n) is 3.29. The summed E-state index contributed by atoms with van der Waals surface area (Å²) in [6, 6.07) is 5.73. The molecule has 1 N–H and O–H groups in total. The second kappa shape index (κ2) is 2.43. The van der Waals surface area contributed by atoms with E-state index in [2.05, 4.69) is 9.97 Å². The molecule has 2 aromatic heterocycles. The van der Waals surface area contributed by atoms with Crippen LogP contribution in [0.3, 0.4) is 0 Å². The minimum atomic E-state index is 0.753. The molecule has 0 saturated heterocycles. The average molecular weight is 162 g/mol. The van der Waals surface area contributed by atoms with Crippen LogP contribution in [0.1, 0.15) is 0 Å². The zero-order valence-electron chi connectivity index (χ0n) is 5.74. The Morgan fingerprint density at radius 1 is 1.27 bits per heavy atom. The first-order valence-corrected chi connectivity index (χ1v) is 3.70. The summed E-state index contributed by atoms with van der Waals surface area (Å²) in [5.74, 6) is 0. The van der Waals surface area contributed by atoms with E-state index in [9.17, 15) is 0 Å². The van der Waals surface area contributed by atoms with Gasteiger partial charge in [0.15, 0.2) is 0 Å². The minimum absolute atomic E-state index is 0.753. The summed E-state index contributed by atoms with van der Waals surface area (Å²) < 4.78 is 0.753. The van der Waals surface area contributed by atoms with Crippen LogP contribution in [0.25, 0.3) is 10.9 Å². The van der Waals surface area contributed by atoms with Crippen LogP contribution in [-0.4, -0.2) is 9.97 Å². The number of aromatic nitrogens is 2. The standard InChI is InChI=1S/C8H6N2S/c11-8-2-1-6-5-9-4-3-7(6)10-8/h1-5H,(H,10,11). The molecular weight excluding hydrogens is 156 g/mol. The second-order valence-electron chi connectivity index (χ2n) is 2.29. The topological polar surface area (TPSA) is 28.7 Å². The molecule has 0 aliphatic carbocycles. The molecule has 0 amide bonds. The third-order valence-corrected chi connectivity index (χ3v) is 1.76. The quantitative estimate of drug-likeness (QED) is 0.602. The summed E-state index contributed by atoms with van der Waals surface area (Å²) in [6.07, 6.45) is 3.55. The first-order chi connectivity index (χ1) is 5.36. The molecule has 0 aliphatic rings. The monoisotopic (exact) mass is 162 g/mol. The molecule has 0 unspecified atom stereocenters. The number of nitrogens with one attached hydrogen (secondary N) is 1. The van der Waals surface area contributed by atoms with Gasteiger partial charge in [0.25, 0.3) is 0 Å². The summed E-state index contributed by atoms with van der Waals surface area (Å²) >= 11 is 4.96. The van der Waals surface area contributed by atoms with E-state index in [1.165, 1.54) is 0 Å². The number of rotatable bonds is 0. The molecule has 3 heteroatoms. The molecule has 2 nitrogen and oxygen atoms in total. The summed E-state index contributed by atoms with van der Waals surface area (Å²) in [5, 5.41) is 1.08. The van der Waals surface area contributed by atoms with Gasteiger partial charge in [0.1, 0.15) is 4.64 Å². The highest BCUT2D eigenvalue weighted by Crippen LogP contribution is 2.07. The van der Waals surface area contributed by atoms with Crippen LogP contribution in [-0.2, 0) is 0 Å². The van der Waals surface area contributed by atoms with Crippen molar-refractivity contribution in [1.82, 2.24) is 9.97 Å². The summed E-state index contributed by atoms with van der Waals surface area (Å²) in [7, 11) is 0. The van der Waals surface area contributed by atoms with Gasteiger partial charge in [-0.2, -0.15) is 0 Å². The van der Waals surface area contributed by atoms with Crippen LogP contribution in [0.2, 0.25) is 0 Å². The highest BCUT2D eigenvalue weighted by atomic mass is 32.1. The van der Waals surface area contributed by atoms with Gasteiger partial charge >= 0.3 is 0 Å². The Kier molecular flexibility index (Phi) is 1.43. The molecule has 54 valence electrons. The fraction of sp³-hybridized carbons (Fsp3) is 0. The van der Waals surface area contributed by atoms with Gasteiger partial charge in [-0.25, -0.2) is 0 Å². The molecule has 2 aromatic rings. The molecule has 0 spiro atoms. The Hall–Kier alpha value is -1.22. The van der Waals surface area contributed by atoms with Crippen molar-refractivity contribution in [2.45, 2.75) is 0 Å². The maximum Gasteiger partial charge on any atom is 0.103 e. The van der Waals surface area contributed by atoms with E-state index in [4.69, 9.17) is 12.2 Å². The second-order valence-corrected chi connectivity index (χ2v) is 2.73. The van der Waals surface area contributed by atoms with Gasteiger partial charge in [0.05, 0.1) is 0 Å². The maximum absolute atomic E-state index is 4.96. The lowest BCUT2D eigenvalue weighted by molar-refractivity contribution is 1.31. The van der Waals surface area contributed by atoms with Gasteiger partial charge in [-0.3, -0.25) is 4.98 Å². The Morgan fingerprint density at radius 3 is 3.09 bits per heavy atom. The Bertz CT molecular complexity index is 433. The molecule has 0 fully saturated rings. The van der Waals surface area contributed by atoms with E-state index >= 15 is 0 Å². The van der Waals surface area contributed by atoms with E-state index in [0.29, 0.717) is 0 Å². The fourth-order valence-electron chi connectivity index (χ4n) is 0.993. The lowest BCUT2D eigenvalue weighted by Gasteiger charge is -1.93. The lowest BCUT2D eigenvalue weighted by atomic mass is 10.3. The molecule has 0 aromatic carbocycles. The highest BCUT2D eigenvalue weighted by molar-refractivity contribution is 7.71. The highest BCUT2D eigenvalue weighted by Gasteiger charge is 1.88. The number of H-pyrrole nitrogens is 1. The van der Waals surface area contributed by atoms with E-state index in [1.54, 1.807) is 12.4 Å². The first kappa shape index (κ1) is 6.49. The molecular formula is C8H6N2S. The van der Waals surface area contributed by atoms with Gasteiger partial charge in [-0.1, -0.05) is 12.2 Å². The minimum Gasteiger partial charge on any atom is -0.346 e. The normalized spacial score (nSPS) is 10.2. The summed E-state index contributed by atoms with van der Waals surface area (Å²) in [4.78, 5) is 7.05. The van der Waals surface area contributed by atoms with E-state index in [1.807, 2.05) is 18.2 Å². The van der Waals surface area contributed by atoms with Crippen molar-refractivity contribution in [3.63, 3.8) is 0 Å². The van der Waals surface area contributed by atoms with Gasteiger partial charge in [0, 0.05) is 23.3 Å². The molecule has 0 bridgehead atoms. The number of hydrogen-bond acceptors (Lipinski definition) is 2. The average Bonchev–Trinajstić information content (AvgIpc) is 2.04. The van der Waals surface area contributed by atoms with Gasteiger partial charge in [-0.05, 0) is 18.2 Å². The molecule has 0 atom stereocenters. The third kappa shape index (κ3) is 1.14. The van der Waals surface area contributed by atoms with Crippen molar-refractivity contribution < 1.29 is 0 Å². The van der Waals surface area contributed by atoms with Crippen LogP contribution in [0.5, 0.6) is 0 Å². The fourth-order valence-corrected chi connectivity index (χ4v) is 1.17. The number of nitrogens with zero attached hydrogens (tertiary/aromatic N) is 1. The van der Waals surface area contributed by atoms with Crippen LogP contribution in [0, 0.1) is 4.64 Å². The zero-order chi connectivity index (χ0) is 7.68. The van der Waals surface area contributed by atoms with Gasteiger partial charge in [0.2, 0.25) is 0 Å². The smallest absolute Gasteiger partial charge is 0.103 e. The van der Waals surface area contributed by atoms with E-state index in [0.717, 1.165) is 15.5 Å². The number of fused-ring (bicyclic) bond motifs is 1. The van der Waals surface area contributed by atoms with Gasteiger partial charge in [-0.15, -0.1) is 0 Å². The Labute approximate surface area is 68.9 Å². The Morgan fingerprint density at radius 2 is 2.18 bits per heavy atom. The predicted molar refractivity (Wildman–Crippen MR) is 46.9 cm³/mol. The number of aromatic amines is 1. The van der Waals surface area contributed by atoms with Crippen LogP contribution >= 0.6 is 12.2 Å². The van der Waals surface area contributed by atoms with Crippen LogP contribution < -0.4 is 0 Å². The maximum atomic E-state index is 4.96. The molecule has 2 rings (SSSR count). The molecule has 11 heavy (non-hydrogen) atoms. The Balaban J connectivity index is 2.94. The summed E-state index contributed by atoms with van der Waals surface area (Å²) in [5.41, 5.74) is 1.03. The third-order valence-electron chi connectivity index (χ3n) is 1.52. The van der Waals surface area contributed by atoms with Crippen molar-refractivity contribution >= 4 is 23.1 Å². The molecule has 0 aliphatic heterocycles. The largest absolute Gasteiger partial charge is 0.346 e. The van der Waals surface area contributed by atoms with Crippen molar-refractivity contribution in [3.05, 3.63) is 35.2 Å². The summed E-state index contributed by atoms with van der Waals surface area (Å²) in [6.45, 7) is 0. The van der Waals surface area contributed by atoms with Crippen molar-refractivity contribution in [2.24, 2.45) is 0 Å². The number of pyridine rings is 2. The zero-order valence-corrected chi connectivity index (χ0v) is 6.56. The molecule has 0 saturated carbocycles. The van der Waals surface area contributed by atoms with Crippen LogP contribution in [0.15, 0.2) is 30.6 Å². The SMILES string of the molecule is S=c1ccc2cnccc2[nH]1. The molecule has 2 heterocycles. The van der Waals surface area contributed by atoms with Crippen LogP contribution in [0.4, 0.5) is 0 Å². The molecule has 0 radical (unpaired) electrons. The van der Waals surface area contributed by atoms with Crippen molar-refractivity contribution in [2.75, 3.05) is 0 Å². The predicted octanol–water partition coefficient (Wildman–Crippen LogP) is 2.29. The van der Waals surface area contributed by atoms with Crippen molar-refractivity contribution in [1.29, 1.82) is 0 Å². The number of hydrogen-bond donors (Lipinski definition) is 1. The van der Waals surface area contributed by atoms with Gasteiger partial charge < -0.3 is 4.98 Å². The van der Waals surface area contributed by atoms with E-state index in [-0.39, 0.29) is 0 Å².